The Balaban J connectivity index is 1.50. The summed E-state index contributed by atoms with van der Waals surface area (Å²) < 4.78 is 17.9. The Morgan fingerprint density at radius 2 is 1.96 bits per heavy atom. The van der Waals surface area contributed by atoms with Crippen molar-refractivity contribution in [3.05, 3.63) is 75.6 Å². The first-order valence-corrected chi connectivity index (χ1v) is 10.0. The fraction of sp³-hybridized carbons (Fsp3) is 0.250. The van der Waals surface area contributed by atoms with Gasteiger partial charge in [-0.3, -0.25) is 4.98 Å². The fourth-order valence-corrected chi connectivity index (χ4v) is 3.81. The summed E-state index contributed by atoms with van der Waals surface area (Å²) in [6.07, 6.45) is 6.04. The largest absolute Gasteiger partial charge is 0.493 e. The van der Waals surface area contributed by atoms with Gasteiger partial charge in [0.2, 0.25) is 0 Å². The van der Waals surface area contributed by atoms with Crippen molar-refractivity contribution >= 4 is 28.0 Å². The number of rotatable bonds is 7. The number of nitrogens with zero attached hydrogens (tertiary/aromatic N) is 1. The zero-order valence-corrected chi connectivity index (χ0v) is 16.2. The Kier molecular flexibility index (Phi) is 6.34. The lowest BCUT2D eigenvalue weighted by atomic mass is 10.1. The van der Waals surface area contributed by atoms with Crippen LogP contribution < -0.4 is 10.1 Å². The number of benzene rings is 1. The molecule has 134 valence electrons. The van der Waals surface area contributed by atoms with E-state index < -0.39 is 10.8 Å². The third kappa shape index (κ3) is 4.67. The standard InChI is InChI=1S/C20H20N2O2S2/c1-2-15-3-6-17(21-12-15)9-10-24-18-7-4-16(5-8-18)11-19-13-22-20(14-25)26(19)23/h3-8,12-13,22H,2,9-11H2,1H3. The summed E-state index contributed by atoms with van der Waals surface area (Å²) >= 11 is 4.71. The van der Waals surface area contributed by atoms with Crippen LogP contribution in [-0.2, 0) is 30.1 Å². The molecule has 0 bridgehead atoms. The summed E-state index contributed by atoms with van der Waals surface area (Å²) in [4.78, 5) is 5.24. The molecular weight excluding hydrogens is 364 g/mol. The molecular formula is C20H20N2O2S2. The van der Waals surface area contributed by atoms with E-state index in [1.54, 1.807) is 6.20 Å². The van der Waals surface area contributed by atoms with Gasteiger partial charge in [-0.05, 0) is 53.0 Å². The number of nitrogens with one attached hydrogen (secondary N) is 1. The van der Waals surface area contributed by atoms with E-state index in [1.807, 2.05) is 30.5 Å². The maximum absolute atomic E-state index is 12.1. The lowest BCUT2D eigenvalue weighted by Crippen LogP contribution is -2.03. The van der Waals surface area contributed by atoms with Gasteiger partial charge in [-0.15, -0.1) is 0 Å². The average molecular weight is 385 g/mol. The van der Waals surface area contributed by atoms with E-state index in [9.17, 15) is 4.21 Å². The smallest absolute Gasteiger partial charge is 0.163 e. The second-order valence-corrected chi connectivity index (χ2v) is 7.56. The molecule has 0 fully saturated rings. The number of pyridine rings is 1. The first-order valence-electron chi connectivity index (χ1n) is 8.47. The van der Waals surface area contributed by atoms with Gasteiger partial charge >= 0.3 is 0 Å². The summed E-state index contributed by atoms with van der Waals surface area (Å²) in [6, 6.07) is 12.0. The lowest BCUT2D eigenvalue weighted by molar-refractivity contribution is 0.320. The summed E-state index contributed by atoms with van der Waals surface area (Å²) in [5, 5.41) is 5.84. The molecule has 1 unspecified atom stereocenters. The molecule has 0 spiro atoms. The van der Waals surface area contributed by atoms with Crippen molar-refractivity contribution in [3.63, 3.8) is 0 Å². The minimum Gasteiger partial charge on any atom is -0.493 e. The number of aryl methyl sites for hydroxylation is 1. The second-order valence-electron chi connectivity index (χ2n) is 5.89. The molecule has 2 aromatic rings. The second kappa shape index (κ2) is 8.90. The molecule has 1 N–H and O–H groups in total. The van der Waals surface area contributed by atoms with Crippen LogP contribution in [0.1, 0.15) is 23.7 Å². The molecule has 0 saturated heterocycles. The molecule has 1 aliphatic heterocycles. The number of thiocarbonyl (C=S) groups is 1. The number of aromatic nitrogens is 1. The van der Waals surface area contributed by atoms with Crippen LogP contribution in [0.15, 0.2) is 58.7 Å². The first-order chi connectivity index (χ1) is 12.7. The van der Waals surface area contributed by atoms with Gasteiger partial charge in [-0.1, -0.05) is 25.1 Å². The van der Waals surface area contributed by atoms with Gasteiger partial charge in [0.05, 0.1) is 6.61 Å². The molecule has 1 aromatic heterocycles. The normalized spacial score (nSPS) is 16.0. The molecule has 1 aliphatic rings. The third-order valence-electron chi connectivity index (χ3n) is 4.10. The first kappa shape index (κ1) is 18.5. The molecule has 3 rings (SSSR count). The van der Waals surface area contributed by atoms with E-state index in [4.69, 9.17) is 17.0 Å². The van der Waals surface area contributed by atoms with Crippen LogP contribution >= 0.6 is 12.2 Å². The van der Waals surface area contributed by atoms with Gasteiger partial charge in [0.15, 0.2) is 5.03 Å². The van der Waals surface area contributed by atoms with Gasteiger partial charge in [0.25, 0.3) is 0 Å². The number of hydrogen-bond acceptors (Lipinski definition) is 5. The number of hydrogen-bond donors (Lipinski definition) is 1. The molecule has 0 amide bonds. The SMILES string of the molecule is CCc1ccc(CCOc2ccc(CC3=CNC(=C=S)S3=O)cc2)nc1. The topological polar surface area (TPSA) is 51.2 Å². The van der Waals surface area contributed by atoms with Crippen LogP contribution in [0.5, 0.6) is 5.75 Å². The molecule has 4 nitrogen and oxygen atoms in total. The van der Waals surface area contributed by atoms with Crippen molar-refractivity contribution in [1.29, 1.82) is 0 Å². The van der Waals surface area contributed by atoms with Crippen LogP contribution in [0, 0.1) is 0 Å². The van der Waals surface area contributed by atoms with Gasteiger partial charge in [-0.25, -0.2) is 4.21 Å². The Morgan fingerprint density at radius 1 is 1.19 bits per heavy atom. The van der Waals surface area contributed by atoms with Gasteiger partial charge in [0.1, 0.15) is 16.5 Å². The van der Waals surface area contributed by atoms with Crippen LogP contribution in [0.25, 0.3) is 0 Å². The average Bonchev–Trinajstić information content (AvgIpc) is 3.03. The summed E-state index contributed by atoms with van der Waals surface area (Å²) in [5.41, 5.74) is 3.34. The van der Waals surface area contributed by atoms with E-state index in [0.29, 0.717) is 18.1 Å². The predicted molar refractivity (Wildman–Crippen MR) is 108 cm³/mol. The van der Waals surface area contributed by atoms with Gasteiger partial charge in [-0.2, -0.15) is 0 Å². The van der Waals surface area contributed by atoms with Gasteiger partial charge in [0, 0.05) is 35.8 Å². The van der Waals surface area contributed by atoms with Crippen LogP contribution in [0.4, 0.5) is 0 Å². The Hall–Kier alpha value is -2.27. The van der Waals surface area contributed by atoms with E-state index in [0.717, 1.165) is 34.8 Å². The minimum absolute atomic E-state index is 0.454. The van der Waals surface area contributed by atoms with E-state index in [-0.39, 0.29) is 0 Å². The van der Waals surface area contributed by atoms with E-state index >= 15 is 0 Å². The molecule has 2 heterocycles. The van der Waals surface area contributed by atoms with Gasteiger partial charge < -0.3 is 10.1 Å². The van der Waals surface area contributed by atoms with Crippen LogP contribution in [0.2, 0.25) is 0 Å². The van der Waals surface area contributed by atoms with Crippen LogP contribution in [-0.4, -0.2) is 20.8 Å². The Labute approximate surface area is 161 Å². The zero-order chi connectivity index (χ0) is 18.4. The van der Waals surface area contributed by atoms with Crippen LogP contribution in [0.3, 0.4) is 0 Å². The van der Waals surface area contributed by atoms with E-state index in [2.05, 4.69) is 34.4 Å². The Morgan fingerprint density at radius 3 is 2.58 bits per heavy atom. The van der Waals surface area contributed by atoms with Crippen molar-refractivity contribution in [2.24, 2.45) is 0 Å². The number of allylic oxidation sites excluding steroid dienone is 1. The highest BCUT2D eigenvalue weighted by molar-refractivity contribution is 7.94. The van der Waals surface area contributed by atoms with Crippen molar-refractivity contribution in [3.8, 4) is 5.75 Å². The van der Waals surface area contributed by atoms with Crippen molar-refractivity contribution in [1.82, 2.24) is 10.3 Å². The summed E-state index contributed by atoms with van der Waals surface area (Å²) in [6.45, 7) is 2.70. The highest BCUT2D eigenvalue weighted by Gasteiger charge is 2.19. The quantitative estimate of drug-likeness (QED) is 0.741. The molecule has 1 atom stereocenters. The van der Waals surface area contributed by atoms with E-state index in [1.165, 1.54) is 5.56 Å². The lowest BCUT2D eigenvalue weighted by Gasteiger charge is -2.08. The number of ether oxygens (including phenoxy) is 1. The zero-order valence-electron chi connectivity index (χ0n) is 14.5. The fourth-order valence-electron chi connectivity index (χ4n) is 2.56. The maximum Gasteiger partial charge on any atom is 0.163 e. The Bertz CT molecular complexity index is 868. The molecule has 26 heavy (non-hydrogen) atoms. The highest BCUT2D eigenvalue weighted by Crippen LogP contribution is 2.21. The van der Waals surface area contributed by atoms with Crippen molar-refractivity contribution in [2.75, 3.05) is 6.61 Å². The minimum atomic E-state index is -1.22. The summed E-state index contributed by atoms with van der Waals surface area (Å²) in [7, 11) is -1.22. The maximum atomic E-state index is 12.1. The molecule has 0 saturated carbocycles. The molecule has 6 heteroatoms. The molecule has 0 radical (unpaired) electrons. The predicted octanol–water partition coefficient (Wildman–Crippen LogP) is 3.44. The van der Waals surface area contributed by atoms with Crippen molar-refractivity contribution < 1.29 is 8.95 Å². The summed E-state index contributed by atoms with van der Waals surface area (Å²) in [5.74, 6) is 0.818. The van der Waals surface area contributed by atoms with Crippen molar-refractivity contribution in [2.45, 2.75) is 26.2 Å². The molecule has 1 aromatic carbocycles. The third-order valence-corrected chi connectivity index (χ3v) is 5.77. The monoisotopic (exact) mass is 384 g/mol. The molecule has 0 aliphatic carbocycles. The highest BCUT2D eigenvalue weighted by atomic mass is 32.2.